The molecule has 11 heteroatoms. The van der Waals surface area contributed by atoms with Gasteiger partial charge in [0.25, 0.3) is 0 Å². The lowest BCUT2D eigenvalue weighted by Gasteiger charge is -2.17. The average Bonchev–Trinajstić information content (AvgIpc) is 2.95. The highest BCUT2D eigenvalue weighted by molar-refractivity contribution is 8.02. The molecular weight excluding hydrogens is 559 g/mol. The van der Waals surface area contributed by atoms with Crippen molar-refractivity contribution in [1.82, 2.24) is 0 Å². The summed E-state index contributed by atoms with van der Waals surface area (Å²) in [4.78, 5) is 1.77. The van der Waals surface area contributed by atoms with Crippen LogP contribution in [-0.2, 0) is 19.9 Å². The zero-order chi connectivity index (χ0) is 29.1. The van der Waals surface area contributed by atoms with E-state index in [1.165, 1.54) is 10.8 Å². The highest BCUT2D eigenvalue weighted by atomic mass is 32.2. The standard InChI is InChI=1S/C23H19OS.C6BF8/c24-25(22-11-3-1-4-12-22,23-13-5-2-6-14-23)18-19-15-16-20-9-7-8-10-21(20)17-19;8-2-1(7(13,14)15)3(9)5(11)6(12)4(2)10/h1-17H,18H2;/q+1;-1. The lowest BCUT2D eigenvalue weighted by molar-refractivity contribution is 0.377. The summed E-state index contributed by atoms with van der Waals surface area (Å²) in [6, 6.07) is 34.3. The normalized spacial score (nSPS) is 11.7. The van der Waals surface area contributed by atoms with E-state index in [1.54, 1.807) is 0 Å². The monoisotopic (exact) mass is 578 g/mol. The largest absolute Gasteiger partial charge is 0.515 e. The van der Waals surface area contributed by atoms with E-state index in [0.717, 1.165) is 15.4 Å². The van der Waals surface area contributed by atoms with Gasteiger partial charge >= 0.3 is 6.98 Å². The second-order valence-electron chi connectivity index (χ2n) is 8.69. The van der Waals surface area contributed by atoms with Crippen molar-refractivity contribution < 1.29 is 39.1 Å². The van der Waals surface area contributed by atoms with Gasteiger partial charge in [-0.1, -0.05) is 77.0 Å². The van der Waals surface area contributed by atoms with Crippen LogP contribution in [0.4, 0.5) is 34.9 Å². The third kappa shape index (κ3) is 5.94. The van der Waals surface area contributed by atoms with E-state index >= 15 is 0 Å². The van der Waals surface area contributed by atoms with Crippen molar-refractivity contribution >= 4 is 33.1 Å². The van der Waals surface area contributed by atoms with Crippen LogP contribution in [0.5, 0.6) is 0 Å². The Labute approximate surface area is 225 Å². The van der Waals surface area contributed by atoms with Gasteiger partial charge in [0.1, 0.15) is 17.4 Å². The molecule has 1 nitrogen and oxygen atoms in total. The zero-order valence-corrected chi connectivity index (χ0v) is 21.3. The van der Waals surface area contributed by atoms with Gasteiger partial charge in [0, 0.05) is 5.56 Å². The minimum Gasteiger partial charge on any atom is -0.445 e. The van der Waals surface area contributed by atoms with Gasteiger partial charge in [0.15, 0.2) is 37.2 Å². The summed E-state index contributed by atoms with van der Waals surface area (Å²) in [5.74, 6) is -13.1. The highest BCUT2D eigenvalue weighted by Crippen LogP contribution is 2.33. The lowest BCUT2D eigenvalue weighted by atomic mass is 9.79. The third-order valence-corrected chi connectivity index (χ3v) is 8.81. The molecule has 0 amide bonds. The van der Waals surface area contributed by atoms with Crippen LogP contribution in [0.15, 0.2) is 113 Å². The summed E-state index contributed by atoms with van der Waals surface area (Å²) in [5.41, 5.74) is -1.64. The summed E-state index contributed by atoms with van der Waals surface area (Å²) in [6.07, 6.45) is 0. The first kappa shape index (κ1) is 29.0. The van der Waals surface area contributed by atoms with Gasteiger partial charge in [-0.3, -0.25) is 0 Å². The third-order valence-electron chi connectivity index (χ3n) is 6.00. The van der Waals surface area contributed by atoms with Gasteiger partial charge < -0.3 is 12.9 Å². The molecule has 0 aromatic heterocycles. The van der Waals surface area contributed by atoms with Crippen molar-refractivity contribution in [1.29, 1.82) is 0 Å². The van der Waals surface area contributed by atoms with Gasteiger partial charge in [0.05, 0.1) is 0 Å². The topological polar surface area (TPSA) is 17.1 Å². The summed E-state index contributed by atoms with van der Waals surface area (Å²) < 4.78 is 112. The maximum atomic E-state index is 14.1. The Morgan fingerprint density at radius 1 is 0.525 bits per heavy atom. The zero-order valence-electron chi connectivity index (χ0n) is 20.4. The molecule has 206 valence electrons. The molecule has 0 saturated heterocycles. The molecule has 0 aliphatic rings. The predicted molar refractivity (Wildman–Crippen MR) is 140 cm³/mol. The SMILES string of the molecule is Fc1c(F)c(F)c([B-](F)(F)F)c(F)c1F.O=[S+](Cc1ccc2ccccc2c1)(c1ccccc1)c1ccccc1. The Morgan fingerprint density at radius 3 is 1.43 bits per heavy atom. The number of rotatable bonds is 5. The van der Waals surface area contributed by atoms with Crippen molar-refractivity contribution in [3.05, 3.63) is 138 Å². The average molecular weight is 578 g/mol. The first-order valence-electron chi connectivity index (χ1n) is 11.7. The van der Waals surface area contributed by atoms with E-state index in [4.69, 9.17) is 0 Å². The first-order chi connectivity index (χ1) is 18.9. The molecule has 0 aliphatic heterocycles. The number of hydrogen-bond acceptors (Lipinski definition) is 1. The summed E-state index contributed by atoms with van der Waals surface area (Å²) in [7, 11) is -2.37. The summed E-state index contributed by atoms with van der Waals surface area (Å²) in [6.45, 7) is -6.30. The van der Waals surface area contributed by atoms with Crippen molar-refractivity contribution in [2.24, 2.45) is 0 Å². The van der Waals surface area contributed by atoms with Crippen LogP contribution < -0.4 is 5.46 Å². The molecule has 0 radical (unpaired) electrons. The molecule has 0 heterocycles. The molecule has 0 N–H and O–H groups in total. The first-order valence-corrected chi connectivity index (χ1v) is 13.5. The van der Waals surface area contributed by atoms with Crippen molar-refractivity contribution in [2.45, 2.75) is 15.5 Å². The van der Waals surface area contributed by atoms with Crippen LogP contribution >= 0.6 is 0 Å². The maximum Gasteiger partial charge on any atom is 0.515 e. The van der Waals surface area contributed by atoms with E-state index in [1.807, 2.05) is 72.8 Å². The fraction of sp³-hybridized carbons (Fsp3) is 0.0345. The van der Waals surface area contributed by atoms with E-state index in [0.29, 0.717) is 5.75 Å². The molecule has 5 rings (SSSR count). The Hall–Kier alpha value is -3.99. The van der Waals surface area contributed by atoms with Crippen LogP contribution in [-0.4, -0.2) is 6.98 Å². The van der Waals surface area contributed by atoms with Gasteiger partial charge in [0.2, 0.25) is 0 Å². The van der Waals surface area contributed by atoms with Crippen molar-refractivity contribution in [3.8, 4) is 0 Å². The van der Waals surface area contributed by atoms with E-state index in [-0.39, 0.29) is 0 Å². The predicted octanol–water partition coefficient (Wildman–Crippen LogP) is 8.39. The second-order valence-corrected chi connectivity index (χ2v) is 11.3. The van der Waals surface area contributed by atoms with Crippen LogP contribution in [0.1, 0.15) is 5.56 Å². The van der Waals surface area contributed by atoms with E-state index in [2.05, 4.69) is 30.3 Å². The molecule has 5 aromatic rings. The molecule has 0 saturated carbocycles. The van der Waals surface area contributed by atoms with Gasteiger partial charge in [-0.15, -0.1) is 0 Å². The van der Waals surface area contributed by atoms with Gasteiger partial charge in [-0.2, -0.15) is 0 Å². The van der Waals surface area contributed by atoms with Crippen LogP contribution in [0.25, 0.3) is 10.8 Å². The fourth-order valence-corrected chi connectivity index (χ4v) is 6.50. The smallest absolute Gasteiger partial charge is 0.445 e. The van der Waals surface area contributed by atoms with Gasteiger partial charge in [-0.25, -0.2) is 22.0 Å². The molecule has 0 unspecified atom stereocenters. The fourth-order valence-electron chi connectivity index (χ4n) is 4.06. The Morgan fingerprint density at radius 2 is 0.950 bits per heavy atom. The lowest BCUT2D eigenvalue weighted by Crippen LogP contribution is -2.41. The van der Waals surface area contributed by atoms with Crippen LogP contribution in [0.3, 0.4) is 0 Å². The highest BCUT2D eigenvalue weighted by Gasteiger charge is 2.38. The molecule has 0 atom stereocenters. The number of hydrogen-bond donors (Lipinski definition) is 0. The molecule has 0 bridgehead atoms. The maximum absolute atomic E-state index is 14.1. The Kier molecular flexibility index (Phi) is 8.44. The quantitative estimate of drug-likeness (QED) is 0.0674. The summed E-state index contributed by atoms with van der Waals surface area (Å²) >= 11 is 0. The van der Waals surface area contributed by atoms with Crippen molar-refractivity contribution in [3.63, 3.8) is 0 Å². The molecular formula is C29H19BF8OS. The molecule has 0 fully saturated rings. The Balaban J connectivity index is 0.000000212. The Bertz CT molecular complexity index is 1620. The van der Waals surface area contributed by atoms with Crippen LogP contribution in [0, 0.1) is 29.1 Å². The van der Waals surface area contributed by atoms with Crippen LogP contribution in [0.2, 0.25) is 0 Å². The minimum atomic E-state index is -6.30. The molecule has 0 spiro atoms. The second kappa shape index (κ2) is 11.6. The van der Waals surface area contributed by atoms with E-state index in [9.17, 15) is 39.1 Å². The molecule has 0 aliphatic carbocycles. The van der Waals surface area contributed by atoms with Crippen molar-refractivity contribution in [2.75, 3.05) is 0 Å². The van der Waals surface area contributed by atoms with Gasteiger partial charge in [-0.05, 0) is 46.6 Å². The molecule has 5 aromatic carbocycles. The number of fused-ring (bicyclic) bond motifs is 1. The number of halogens is 8. The summed E-state index contributed by atoms with van der Waals surface area (Å²) in [5, 5.41) is 2.39. The minimum absolute atomic E-state index is 0.506. The van der Waals surface area contributed by atoms with E-state index < -0.39 is 51.5 Å². The number of benzene rings is 5. The molecule has 40 heavy (non-hydrogen) atoms.